The van der Waals surface area contributed by atoms with E-state index >= 15 is 0 Å². The van der Waals surface area contributed by atoms with Gasteiger partial charge in [-0.25, -0.2) is 0 Å². The van der Waals surface area contributed by atoms with Crippen molar-refractivity contribution < 1.29 is 17.1 Å². The van der Waals surface area contributed by atoms with Crippen molar-refractivity contribution in [1.29, 1.82) is 0 Å². The van der Waals surface area contributed by atoms with Crippen LogP contribution in [0.2, 0.25) is 0 Å². The van der Waals surface area contributed by atoms with Crippen molar-refractivity contribution in [2.75, 3.05) is 0 Å². The van der Waals surface area contributed by atoms with Gasteiger partial charge >= 0.3 is 17.1 Å². The van der Waals surface area contributed by atoms with Crippen LogP contribution < -0.4 is 0 Å². The summed E-state index contributed by atoms with van der Waals surface area (Å²) in [7, 11) is 0. The van der Waals surface area contributed by atoms with Gasteiger partial charge in [-0.3, -0.25) is 9.98 Å². The fourth-order valence-electron chi connectivity index (χ4n) is 2.80. The molecule has 0 saturated carbocycles. The molecule has 2 nitrogen and oxygen atoms in total. The average molecular weight is 362 g/mol. The Balaban J connectivity index is 0.00000288. The number of rotatable bonds is 4. The molecule has 0 fully saturated rings. The Morgan fingerprint density at radius 2 is 0.958 bits per heavy atom. The van der Waals surface area contributed by atoms with Gasteiger partial charge in [0, 0.05) is 17.8 Å². The zero-order valence-corrected chi connectivity index (χ0v) is 16.5. The molecule has 2 rings (SSSR count). The maximum atomic E-state index is 4.82. The van der Waals surface area contributed by atoms with Crippen LogP contribution in [0, 0.1) is 27.7 Å². The van der Waals surface area contributed by atoms with E-state index in [0.29, 0.717) is 0 Å². The number of nitrogens with zero attached hydrogens (tertiary/aromatic N) is 2. The molecule has 125 valence electrons. The number of hydrogen-bond acceptors (Lipinski definition) is 2. The van der Waals surface area contributed by atoms with E-state index in [1.807, 2.05) is 0 Å². The molecule has 0 amide bonds. The van der Waals surface area contributed by atoms with Crippen molar-refractivity contribution >= 4 is 22.8 Å². The van der Waals surface area contributed by atoms with Crippen LogP contribution in [0.1, 0.15) is 42.5 Å². The van der Waals surface area contributed by atoms with E-state index < -0.39 is 0 Å². The molecule has 0 aliphatic heterocycles. The van der Waals surface area contributed by atoms with E-state index in [0.717, 1.165) is 29.2 Å². The zero-order chi connectivity index (χ0) is 17.0. The van der Waals surface area contributed by atoms with E-state index in [2.05, 4.69) is 77.9 Å². The average Bonchev–Trinajstić information content (AvgIpc) is 2.47. The second-order valence-corrected chi connectivity index (χ2v) is 6.35. The minimum atomic E-state index is 0. The number of para-hydroxylation sites is 2. The monoisotopic (exact) mass is 362 g/mol. The third-order valence-electron chi connectivity index (χ3n) is 4.00. The summed E-state index contributed by atoms with van der Waals surface area (Å²) in [6.45, 7) is 12.6. The van der Waals surface area contributed by atoms with Crippen LogP contribution >= 0.6 is 0 Å². The Morgan fingerprint density at radius 3 is 1.25 bits per heavy atom. The second kappa shape index (κ2) is 8.96. The zero-order valence-electron chi connectivity index (χ0n) is 15.4. The topological polar surface area (TPSA) is 24.7 Å². The molecule has 3 heteroatoms. The summed E-state index contributed by atoms with van der Waals surface area (Å²) < 4.78 is 0. The predicted octanol–water partition coefficient (Wildman–Crippen LogP) is 6.19. The van der Waals surface area contributed by atoms with Crippen LogP contribution in [0.5, 0.6) is 0 Å². The normalized spacial score (nSPS) is 12.1. The molecule has 0 unspecified atom stereocenters. The van der Waals surface area contributed by atoms with Gasteiger partial charge in [0.05, 0.1) is 11.4 Å². The van der Waals surface area contributed by atoms with Gasteiger partial charge in [-0.05, 0) is 63.8 Å². The smallest absolute Gasteiger partial charge is 0.257 e. The molecule has 0 bridgehead atoms. The fourth-order valence-corrected chi connectivity index (χ4v) is 2.80. The standard InChI is InChI=1S/C21H26N2.Fe/c1-14-9-7-10-15(2)20(14)22-18(5)13-19(6)23-21-16(3)11-8-12-17(21)4;/h7-12H,13H2,1-6H3;/q;+3. The molecule has 0 spiro atoms. The van der Waals surface area contributed by atoms with Crippen LogP contribution in [-0.4, -0.2) is 11.4 Å². The summed E-state index contributed by atoms with van der Waals surface area (Å²) in [5.74, 6) is 0. The van der Waals surface area contributed by atoms with E-state index in [1.165, 1.54) is 22.3 Å². The molecule has 0 aromatic heterocycles. The summed E-state index contributed by atoms with van der Waals surface area (Å²) in [6, 6.07) is 12.6. The molecule has 1 radical (unpaired) electrons. The number of aliphatic imine (C=N–C) groups is 2. The number of aryl methyl sites for hydroxylation is 4. The first-order chi connectivity index (χ1) is 10.9. The van der Waals surface area contributed by atoms with Crippen molar-refractivity contribution in [2.24, 2.45) is 9.98 Å². The van der Waals surface area contributed by atoms with E-state index in [-0.39, 0.29) is 17.1 Å². The first kappa shape index (κ1) is 20.3. The largest absolute Gasteiger partial charge is 3.00 e. The van der Waals surface area contributed by atoms with E-state index in [4.69, 9.17) is 9.98 Å². The molecule has 0 saturated heterocycles. The van der Waals surface area contributed by atoms with Gasteiger partial charge in [0.25, 0.3) is 0 Å². The maximum absolute atomic E-state index is 4.82. The number of benzene rings is 2. The predicted molar refractivity (Wildman–Crippen MR) is 102 cm³/mol. The Kier molecular flexibility index (Phi) is 7.59. The molecule has 0 aliphatic carbocycles. The molecular weight excluding hydrogens is 336 g/mol. The number of hydrogen-bond donors (Lipinski definition) is 0. The summed E-state index contributed by atoms with van der Waals surface area (Å²) in [4.78, 5) is 9.64. The van der Waals surface area contributed by atoms with E-state index in [1.54, 1.807) is 0 Å². The Labute approximate surface area is 156 Å². The summed E-state index contributed by atoms with van der Waals surface area (Å²) in [6.07, 6.45) is 0.793. The van der Waals surface area contributed by atoms with Gasteiger partial charge in [0.2, 0.25) is 0 Å². The SMILES string of the molecule is CC(CC(C)=Nc1c(C)cccc1C)=Nc1c(C)cccc1C.[Fe+3]. The quantitative estimate of drug-likeness (QED) is 0.457. The minimum absolute atomic E-state index is 0. The summed E-state index contributed by atoms with van der Waals surface area (Å²) in [5, 5.41) is 0. The van der Waals surface area contributed by atoms with Crippen LogP contribution in [0.25, 0.3) is 0 Å². The van der Waals surface area contributed by atoms with Crippen LogP contribution in [0.3, 0.4) is 0 Å². The molecule has 2 aromatic rings. The van der Waals surface area contributed by atoms with Gasteiger partial charge in [-0.1, -0.05) is 36.4 Å². The van der Waals surface area contributed by atoms with Crippen molar-refractivity contribution in [1.82, 2.24) is 0 Å². The van der Waals surface area contributed by atoms with Gasteiger partial charge in [-0.2, -0.15) is 0 Å². The maximum Gasteiger partial charge on any atom is 3.00 e. The Bertz CT molecular complexity index is 667. The molecule has 0 N–H and O–H groups in total. The molecule has 0 atom stereocenters. The molecule has 0 aliphatic rings. The fraction of sp³-hybridized carbons (Fsp3) is 0.333. The third-order valence-corrected chi connectivity index (χ3v) is 4.00. The molecule has 2 aromatic carbocycles. The molecule has 24 heavy (non-hydrogen) atoms. The van der Waals surface area contributed by atoms with Crippen molar-refractivity contribution in [3.05, 3.63) is 58.7 Å². The second-order valence-electron chi connectivity index (χ2n) is 6.35. The Hall–Kier alpha value is -1.70. The van der Waals surface area contributed by atoms with Gasteiger partial charge < -0.3 is 0 Å². The van der Waals surface area contributed by atoms with E-state index in [9.17, 15) is 0 Å². The minimum Gasteiger partial charge on any atom is -0.257 e. The van der Waals surface area contributed by atoms with Crippen LogP contribution in [-0.2, 0) is 17.1 Å². The summed E-state index contributed by atoms with van der Waals surface area (Å²) >= 11 is 0. The van der Waals surface area contributed by atoms with Gasteiger partial charge in [0.15, 0.2) is 0 Å². The third kappa shape index (κ3) is 5.15. The van der Waals surface area contributed by atoms with Crippen LogP contribution in [0.15, 0.2) is 46.4 Å². The van der Waals surface area contributed by atoms with Crippen molar-refractivity contribution in [3.8, 4) is 0 Å². The van der Waals surface area contributed by atoms with Crippen molar-refractivity contribution in [2.45, 2.75) is 48.0 Å². The Morgan fingerprint density at radius 1 is 0.667 bits per heavy atom. The van der Waals surface area contributed by atoms with Crippen LogP contribution in [0.4, 0.5) is 11.4 Å². The van der Waals surface area contributed by atoms with Gasteiger partial charge in [-0.15, -0.1) is 0 Å². The molecular formula is C21H26FeN2+3. The van der Waals surface area contributed by atoms with Crippen molar-refractivity contribution in [3.63, 3.8) is 0 Å². The van der Waals surface area contributed by atoms with Gasteiger partial charge in [0.1, 0.15) is 0 Å². The molecule has 0 heterocycles. The first-order valence-electron chi connectivity index (χ1n) is 8.09. The summed E-state index contributed by atoms with van der Waals surface area (Å²) in [5.41, 5.74) is 9.23. The first-order valence-corrected chi connectivity index (χ1v) is 8.09.